The molecule has 0 saturated heterocycles. The van der Waals surface area contributed by atoms with Crippen LogP contribution in [-0.2, 0) is 0 Å². The lowest BCUT2D eigenvalue weighted by molar-refractivity contribution is 0.608. The number of halogens is 3. The van der Waals surface area contributed by atoms with Crippen LogP contribution in [0, 0.1) is 17.1 Å². The van der Waals surface area contributed by atoms with Crippen molar-refractivity contribution >= 4 is 28.9 Å². The fourth-order valence-corrected chi connectivity index (χ4v) is 1.94. The molecule has 2 rings (SSSR count). The molecule has 1 N–H and O–H groups in total. The van der Waals surface area contributed by atoms with Crippen molar-refractivity contribution in [3.8, 4) is 6.07 Å². The quantitative estimate of drug-likeness (QED) is 0.882. The molecule has 1 atom stereocenters. The first kappa shape index (κ1) is 13.7. The van der Waals surface area contributed by atoms with Gasteiger partial charge in [-0.1, -0.05) is 35.3 Å². The molecule has 0 aliphatic carbocycles. The Morgan fingerprint density at radius 2 is 1.79 bits per heavy atom. The molecule has 0 amide bonds. The Labute approximate surface area is 120 Å². The molecule has 1 unspecified atom stereocenters. The van der Waals surface area contributed by atoms with Gasteiger partial charge in [0.05, 0.1) is 11.1 Å². The van der Waals surface area contributed by atoms with Crippen LogP contribution in [0.15, 0.2) is 42.5 Å². The van der Waals surface area contributed by atoms with Gasteiger partial charge in [-0.2, -0.15) is 5.26 Å². The van der Waals surface area contributed by atoms with Gasteiger partial charge in [-0.05, 0) is 30.3 Å². The van der Waals surface area contributed by atoms with Gasteiger partial charge >= 0.3 is 0 Å². The molecule has 0 saturated carbocycles. The van der Waals surface area contributed by atoms with Gasteiger partial charge in [0.25, 0.3) is 0 Å². The summed E-state index contributed by atoms with van der Waals surface area (Å²) in [6.07, 6.45) is 0. The Balaban J connectivity index is 2.28. The molecule has 0 aromatic heterocycles. The van der Waals surface area contributed by atoms with E-state index in [0.717, 1.165) is 0 Å². The third-order valence-corrected chi connectivity index (χ3v) is 3.12. The normalized spacial score (nSPS) is 11.7. The smallest absolute Gasteiger partial charge is 0.148 e. The van der Waals surface area contributed by atoms with Crippen molar-refractivity contribution in [1.29, 1.82) is 5.26 Å². The summed E-state index contributed by atoms with van der Waals surface area (Å²) in [4.78, 5) is 0. The summed E-state index contributed by atoms with van der Waals surface area (Å²) in [6, 6.07) is 12.6. The van der Waals surface area contributed by atoms with Crippen molar-refractivity contribution in [1.82, 2.24) is 0 Å². The van der Waals surface area contributed by atoms with Gasteiger partial charge in [0, 0.05) is 16.3 Å². The van der Waals surface area contributed by atoms with Gasteiger partial charge in [-0.15, -0.1) is 0 Å². The highest BCUT2D eigenvalue weighted by Gasteiger charge is 2.16. The first-order valence-electron chi connectivity index (χ1n) is 5.47. The van der Waals surface area contributed by atoms with Crippen LogP contribution in [0.5, 0.6) is 0 Å². The average Bonchev–Trinajstić information content (AvgIpc) is 2.42. The molecule has 5 heteroatoms. The monoisotopic (exact) mass is 294 g/mol. The van der Waals surface area contributed by atoms with Crippen LogP contribution in [0.1, 0.15) is 11.6 Å². The van der Waals surface area contributed by atoms with Crippen LogP contribution in [0.4, 0.5) is 10.1 Å². The summed E-state index contributed by atoms with van der Waals surface area (Å²) >= 11 is 11.5. The van der Waals surface area contributed by atoms with E-state index in [1.54, 1.807) is 30.3 Å². The Morgan fingerprint density at radius 1 is 1.11 bits per heavy atom. The molecule has 2 aromatic carbocycles. The van der Waals surface area contributed by atoms with E-state index in [0.29, 0.717) is 10.7 Å². The van der Waals surface area contributed by atoms with Gasteiger partial charge < -0.3 is 5.32 Å². The Morgan fingerprint density at radius 3 is 2.42 bits per heavy atom. The number of nitrogens with zero attached hydrogens (tertiary/aromatic N) is 1. The average molecular weight is 295 g/mol. The molecule has 2 nitrogen and oxygen atoms in total. The van der Waals surface area contributed by atoms with Crippen LogP contribution in [0.25, 0.3) is 0 Å². The first-order chi connectivity index (χ1) is 9.11. The van der Waals surface area contributed by atoms with Crippen molar-refractivity contribution < 1.29 is 4.39 Å². The minimum absolute atomic E-state index is 0.00402. The zero-order chi connectivity index (χ0) is 13.8. The summed E-state index contributed by atoms with van der Waals surface area (Å²) in [7, 11) is 0. The third-order valence-electron chi connectivity index (χ3n) is 2.58. The lowest BCUT2D eigenvalue weighted by atomic mass is 10.1. The van der Waals surface area contributed by atoms with Crippen LogP contribution in [0.2, 0.25) is 10.0 Å². The van der Waals surface area contributed by atoms with E-state index in [9.17, 15) is 4.39 Å². The molecule has 0 bridgehead atoms. The van der Waals surface area contributed by atoms with Gasteiger partial charge in [-0.25, -0.2) is 4.39 Å². The van der Waals surface area contributed by atoms with E-state index in [1.165, 1.54) is 12.1 Å². The highest BCUT2D eigenvalue weighted by Crippen LogP contribution is 2.26. The maximum atomic E-state index is 13.9. The summed E-state index contributed by atoms with van der Waals surface area (Å²) in [6.45, 7) is 0. The standard InChI is InChI=1S/C14H9Cl2FN2/c15-9-4-6-10(7-5-9)19-13(8-18)11-2-1-3-12(16)14(11)17/h1-7,13,19H. The minimum Gasteiger partial charge on any atom is -0.366 e. The van der Waals surface area contributed by atoms with Crippen LogP contribution >= 0.6 is 23.2 Å². The zero-order valence-corrected chi connectivity index (χ0v) is 11.2. The summed E-state index contributed by atoms with van der Waals surface area (Å²) < 4.78 is 13.9. The highest BCUT2D eigenvalue weighted by molar-refractivity contribution is 6.31. The largest absolute Gasteiger partial charge is 0.366 e. The Kier molecular flexibility index (Phi) is 4.26. The summed E-state index contributed by atoms with van der Waals surface area (Å²) in [5, 5.41) is 12.7. The lowest BCUT2D eigenvalue weighted by Gasteiger charge is -2.14. The predicted octanol–water partition coefficient (Wildman–Crippen LogP) is 4.81. The van der Waals surface area contributed by atoms with E-state index in [4.69, 9.17) is 28.5 Å². The van der Waals surface area contributed by atoms with Crippen molar-refractivity contribution in [3.05, 3.63) is 63.9 Å². The van der Waals surface area contributed by atoms with Gasteiger partial charge in [0.2, 0.25) is 0 Å². The minimum atomic E-state index is -0.820. The molecule has 0 aliphatic heterocycles. The Hall–Kier alpha value is -1.76. The van der Waals surface area contributed by atoms with E-state index >= 15 is 0 Å². The highest BCUT2D eigenvalue weighted by atomic mass is 35.5. The zero-order valence-electron chi connectivity index (χ0n) is 9.70. The van der Waals surface area contributed by atoms with Crippen molar-refractivity contribution in [3.63, 3.8) is 0 Å². The first-order valence-corrected chi connectivity index (χ1v) is 6.23. The van der Waals surface area contributed by atoms with E-state index < -0.39 is 11.9 Å². The lowest BCUT2D eigenvalue weighted by Crippen LogP contribution is -2.10. The van der Waals surface area contributed by atoms with Gasteiger partial charge in [0.15, 0.2) is 0 Å². The van der Waals surface area contributed by atoms with E-state index in [-0.39, 0.29) is 10.6 Å². The molecule has 2 aromatic rings. The predicted molar refractivity (Wildman–Crippen MR) is 74.8 cm³/mol. The number of hydrogen-bond donors (Lipinski definition) is 1. The van der Waals surface area contributed by atoms with Crippen molar-refractivity contribution in [2.24, 2.45) is 0 Å². The summed E-state index contributed by atoms with van der Waals surface area (Å²) in [5.74, 6) is -0.586. The second-order valence-corrected chi connectivity index (χ2v) is 4.70. The molecule has 96 valence electrons. The molecule has 0 heterocycles. The second-order valence-electron chi connectivity index (χ2n) is 3.86. The van der Waals surface area contributed by atoms with Crippen LogP contribution in [0.3, 0.4) is 0 Å². The SMILES string of the molecule is N#CC(Nc1ccc(Cl)cc1)c1cccc(Cl)c1F. The number of hydrogen-bond acceptors (Lipinski definition) is 2. The fourth-order valence-electron chi connectivity index (χ4n) is 1.64. The molecule has 0 aliphatic rings. The maximum Gasteiger partial charge on any atom is 0.148 e. The molecule has 0 radical (unpaired) electrons. The molecule has 0 spiro atoms. The molecule has 19 heavy (non-hydrogen) atoms. The molecule has 0 fully saturated rings. The van der Waals surface area contributed by atoms with Crippen LogP contribution in [-0.4, -0.2) is 0 Å². The summed E-state index contributed by atoms with van der Waals surface area (Å²) in [5.41, 5.74) is 0.889. The third kappa shape index (κ3) is 3.17. The number of benzene rings is 2. The van der Waals surface area contributed by atoms with E-state index in [2.05, 4.69) is 5.32 Å². The number of anilines is 1. The topological polar surface area (TPSA) is 35.8 Å². The molecular weight excluding hydrogens is 286 g/mol. The number of rotatable bonds is 3. The molecular formula is C14H9Cl2FN2. The maximum absolute atomic E-state index is 13.9. The van der Waals surface area contributed by atoms with Crippen molar-refractivity contribution in [2.45, 2.75) is 6.04 Å². The van der Waals surface area contributed by atoms with Crippen LogP contribution < -0.4 is 5.32 Å². The second kappa shape index (κ2) is 5.92. The van der Waals surface area contributed by atoms with Gasteiger partial charge in [-0.3, -0.25) is 0 Å². The number of nitriles is 1. The fraction of sp³-hybridized carbons (Fsp3) is 0.0714. The van der Waals surface area contributed by atoms with Gasteiger partial charge in [0.1, 0.15) is 11.9 Å². The number of nitrogens with one attached hydrogen (secondary N) is 1. The van der Waals surface area contributed by atoms with Crippen molar-refractivity contribution in [2.75, 3.05) is 5.32 Å². The van der Waals surface area contributed by atoms with E-state index in [1.807, 2.05) is 6.07 Å². The Bertz CT molecular complexity index is 620.